The molecule has 0 N–H and O–H groups in total. The molecule has 2 bridgehead atoms. The Kier molecular flexibility index (Phi) is 11.1. The van der Waals surface area contributed by atoms with Crippen molar-refractivity contribution in [1.29, 1.82) is 0 Å². The molecule has 0 aromatic heterocycles. The molecule has 0 atom stereocenters. The third kappa shape index (κ3) is 6.31. The summed E-state index contributed by atoms with van der Waals surface area (Å²) < 4.78 is 0. The minimum Gasteiger partial charge on any atom is -0.537 e. The molecule has 9 heteroatoms. The van der Waals surface area contributed by atoms with Crippen molar-refractivity contribution in [3.8, 4) is 35.5 Å². The molecule has 0 saturated heterocycles. The Hall–Kier alpha value is -2.25. The van der Waals surface area contributed by atoms with Crippen LogP contribution in [0.1, 0.15) is 61.9 Å². The van der Waals surface area contributed by atoms with Gasteiger partial charge in [-0.2, -0.15) is 0 Å². The number of aliphatic carboxylic acids is 3. The normalized spacial score (nSPS) is 14.2. The van der Waals surface area contributed by atoms with Crippen LogP contribution < -0.4 is 104 Å². The summed E-state index contributed by atoms with van der Waals surface area (Å²) in [5, 5.41) is 32.4. The predicted octanol–water partition coefficient (Wildman–Crippen LogP) is -10.0. The molecule has 0 fully saturated rings. The van der Waals surface area contributed by atoms with Crippen molar-refractivity contribution >= 4 is 17.9 Å². The van der Waals surface area contributed by atoms with Gasteiger partial charge < -0.3 is 29.7 Å². The summed E-state index contributed by atoms with van der Waals surface area (Å²) in [6.07, 6.45) is 0. The first-order valence-electron chi connectivity index (χ1n) is 10.4. The van der Waals surface area contributed by atoms with Crippen LogP contribution in [0.5, 0.6) is 0 Å². The number of hydrogen-bond acceptors (Lipinski definition) is 6. The number of carbonyl (C=O) groups excluding carboxylic acids is 3. The van der Waals surface area contributed by atoms with Gasteiger partial charge in [0, 0.05) is 28.5 Å². The topological polar surface area (TPSA) is 120 Å². The van der Waals surface area contributed by atoms with E-state index in [-0.39, 0.29) is 101 Å². The van der Waals surface area contributed by atoms with Gasteiger partial charge in [0.05, 0.1) is 0 Å². The summed E-state index contributed by atoms with van der Waals surface area (Å²) in [5.74, 6) is 8.94. The first kappa shape index (κ1) is 32.0. The van der Waals surface area contributed by atoms with E-state index in [2.05, 4.69) is 17.8 Å². The average molecular weight is 524 g/mol. The average Bonchev–Trinajstić information content (AvgIpc) is 2.84. The van der Waals surface area contributed by atoms with Gasteiger partial charge in [-0.05, 0) is 87.5 Å². The molecule has 0 unspecified atom stereocenters. The fraction of sp³-hybridized carbons (Fsp3) is 0.0690. The number of carboxylic acid groups (broad SMARTS) is 3. The monoisotopic (exact) mass is 524 g/mol. The fourth-order valence-corrected chi connectivity index (χ4v) is 4.87. The molecule has 3 aromatic rings. The molecule has 0 amide bonds. The van der Waals surface area contributed by atoms with E-state index in [9.17, 15) is 29.7 Å². The van der Waals surface area contributed by atoms with Gasteiger partial charge in [0.25, 0.3) is 0 Å². The smallest absolute Gasteiger partial charge is 0.537 e. The van der Waals surface area contributed by atoms with Crippen LogP contribution in [0.15, 0.2) is 54.6 Å². The van der Waals surface area contributed by atoms with Crippen LogP contribution >= 0.6 is 0 Å². The minimum absolute atomic E-state index is 0. The second kappa shape index (κ2) is 13.2. The zero-order valence-corrected chi connectivity index (χ0v) is 26.8. The molecule has 0 aliphatic heterocycles. The third-order valence-electron chi connectivity index (χ3n) is 6.05. The number of carbonyl (C=O) groups is 3. The van der Waals surface area contributed by atoms with Gasteiger partial charge in [-0.25, -0.2) is 0 Å². The summed E-state index contributed by atoms with van der Waals surface area (Å²) in [6, 6.07) is 16.5. The van der Waals surface area contributed by atoms with Crippen LogP contribution in [0.25, 0.3) is 0 Å². The minimum atomic E-state index is -1.48. The second-order valence-corrected chi connectivity index (χ2v) is 8.01. The van der Waals surface area contributed by atoms with Crippen molar-refractivity contribution in [1.82, 2.24) is 0 Å². The van der Waals surface area contributed by atoms with E-state index in [0.29, 0.717) is 16.7 Å². The number of benzene rings is 3. The molecular weight excluding hydrogens is 513 g/mol. The Balaban J connectivity index is 0.00000169. The molecule has 0 radical (unpaired) electrons. The summed E-state index contributed by atoms with van der Waals surface area (Å²) in [7, 11) is 0. The van der Waals surface area contributed by atoms with Crippen molar-refractivity contribution < 1.29 is 118 Å². The quantitative estimate of drug-likeness (QED) is 0.147. The van der Waals surface area contributed by atoms with Gasteiger partial charge >= 0.3 is 88.7 Å². The van der Waals surface area contributed by atoms with Crippen LogP contribution in [0, 0.1) is 35.5 Å². The molecule has 3 aliphatic carbocycles. The first-order chi connectivity index (χ1) is 16.8. The maximum absolute atomic E-state index is 10.8. The SMILES string of the molecule is O=C([O-])C#Cc1ccc2c(c1)C1c3cc(C#CC(=O)[O-])ccc3C2c2ccc(C#CC(=O)[O-])cc21.[Na+].[Na+].[Na+]. The van der Waals surface area contributed by atoms with Crippen molar-refractivity contribution in [3.05, 3.63) is 105 Å². The zero-order chi connectivity index (χ0) is 24.7. The largest absolute Gasteiger partial charge is 1.00 e. The third-order valence-corrected chi connectivity index (χ3v) is 6.05. The Morgan fingerprint density at radius 1 is 0.474 bits per heavy atom. The molecule has 0 spiro atoms. The van der Waals surface area contributed by atoms with Crippen LogP contribution in [0.4, 0.5) is 0 Å². The van der Waals surface area contributed by atoms with E-state index in [1.807, 2.05) is 54.2 Å². The Bertz CT molecular complexity index is 1480. The molecule has 6 rings (SSSR count). The van der Waals surface area contributed by atoms with Crippen LogP contribution in [0.2, 0.25) is 0 Å². The van der Waals surface area contributed by atoms with Gasteiger partial charge in [-0.15, -0.1) is 0 Å². The molecule has 166 valence electrons. The molecule has 38 heavy (non-hydrogen) atoms. The molecule has 3 aromatic carbocycles. The van der Waals surface area contributed by atoms with Crippen molar-refractivity contribution in [2.45, 2.75) is 11.8 Å². The number of rotatable bonds is 0. The fourth-order valence-electron chi connectivity index (χ4n) is 4.87. The van der Waals surface area contributed by atoms with Gasteiger partial charge in [0.15, 0.2) is 0 Å². The summed E-state index contributed by atoms with van der Waals surface area (Å²) in [6.45, 7) is 0. The number of hydrogen-bond donors (Lipinski definition) is 0. The molecular formula is C29H11Na3O6. The maximum atomic E-state index is 10.8. The Labute approximate surface area is 285 Å². The van der Waals surface area contributed by atoms with Crippen molar-refractivity contribution in [3.63, 3.8) is 0 Å². The maximum Gasteiger partial charge on any atom is 1.00 e. The zero-order valence-electron chi connectivity index (χ0n) is 20.8. The molecule has 0 saturated carbocycles. The Morgan fingerprint density at radius 2 is 0.737 bits per heavy atom. The van der Waals surface area contributed by atoms with E-state index in [4.69, 9.17) is 0 Å². The van der Waals surface area contributed by atoms with E-state index in [0.717, 1.165) is 33.4 Å². The van der Waals surface area contributed by atoms with E-state index >= 15 is 0 Å². The summed E-state index contributed by atoms with van der Waals surface area (Å²) in [5.41, 5.74) is 7.36. The van der Waals surface area contributed by atoms with Gasteiger partial charge in [0.1, 0.15) is 17.9 Å². The predicted molar refractivity (Wildman–Crippen MR) is 117 cm³/mol. The summed E-state index contributed by atoms with van der Waals surface area (Å²) >= 11 is 0. The van der Waals surface area contributed by atoms with Crippen molar-refractivity contribution in [2.24, 2.45) is 0 Å². The van der Waals surface area contributed by atoms with E-state index < -0.39 is 17.9 Å². The standard InChI is InChI=1S/C29H14O6.3Na/c30-25(31)10-4-16-1-7-19-22(13-16)29-23-14-17(5-11-26(32)33)2-8-20(23)28(19)21-9-3-18(15-24(21)29)6-12-27(34)35;;;/h1-3,7-9,13-15,28-29H,(H,30,31)(H,32,33)(H,34,35);;;/q;3*+1/p-3. The molecule has 6 nitrogen and oxygen atoms in total. The van der Waals surface area contributed by atoms with Crippen LogP contribution in [0.3, 0.4) is 0 Å². The van der Waals surface area contributed by atoms with E-state index in [1.54, 1.807) is 18.2 Å². The van der Waals surface area contributed by atoms with Gasteiger partial charge in [-0.3, -0.25) is 0 Å². The van der Waals surface area contributed by atoms with Crippen LogP contribution in [-0.4, -0.2) is 17.9 Å². The van der Waals surface area contributed by atoms with Gasteiger partial charge in [0.2, 0.25) is 0 Å². The van der Waals surface area contributed by atoms with Crippen molar-refractivity contribution in [2.75, 3.05) is 0 Å². The second-order valence-electron chi connectivity index (χ2n) is 8.01. The van der Waals surface area contributed by atoms with E-state index in [1.165, 1.54) is 0 Å². The molecule has 0 heterocycles. The first-order valence-corrected chi connectivity index (χ1v) is 10.4. The Morgan fingerprint density at radius 3 is 1.00 bits per heavy atom. The number of carboxylic acids is 3. The van der Waals surface area contributed by atoms with Gasteiger partial charge in [-0.1, -0.05) is 36.0 Å². The van der Waals surface area contributed by atoms with Crippen LogP contribution in [-0.2, 0) is 14.4 Å². The summed E-state index contributed by atoms with van der Waals surface area (Å²) in [4.78, 5) is 32.4. The molecule has 3 aliphatic rings.